The highest BCUT2D eigenvalue weighted by atomic mass is 16.5. The first-order valence-corrected chi connectivity index (χ1v) is 7.82. The highest BCUT2D eigenvalue weighted by Gasteiger charge is 2.12. The van der Waals surface area contributed by atoms with Crippen molar-refractivity contribution < 1.29 is 19.4 Å². The third-order valence-corrected chi connectivity index (χ3v) is 3.62. The summed E-state index contributed by atoms with van der Waals surface area (Å²) in [5.41, 5.74) is 1.45. The van der Waals surface area contributed by atoms with Gasteiger partial charge in [0.2, 0.25) is 0 Å². The smallest absolute Gasteiger partial charge is 0.343 e. The number of methoxy groups -OCH3 is 1. The Morgan fingerprint density at radius 1 is 1.09 bits per heavy atom. The van der Waals surface area contributed by atoms with Crippen molar-refractivity contribution >= 4 is 5.97 Å². The number of esters is 1. The highest BCUT2D eigenvalue weighted by molar-refractivity contribution is 5.91. The Labute approximate surface area is 136 Å². The number of benzene rings is 2. The van der Waals surface area contributed by atoms with E-state index >= 15 is 0 Å². The minimum atomic E-state index is -0.506. The molecular weight excluding hydrogens is 292 g/mol. The zero-order chi connectivity index (χ0) is 16.7. The standard InChI is InChI=1S/C19H22O4/c1-3-4-5-6-14-7-12-17(20)18(13-14)23-19(21)15-8-10-16(22-2)11-9-15/h7-13,20H,3-6H2,1-2H3. The van der Waals surface area contributed by atoms with E-state index in [1.165, 1.54) is 0 Å². The van der Waals surface area contributed by atoms with Gasteiger partial charge in [0.25, 0.3) is 0 Å². The number of carbonyl (C=O) groups is 1. The van der Waals surface area contributed by atoms with Crippen LogP contribution in [0.15, 0.2) is 42.5 Å². The van der Waals surface area contributed by atoms with E-state index in [2.05, 4.69) is 6.92 Å². The van der Waals surface area contributed by atoms with Crippen LogP contribution in [0.5, 0.6) is 17.2 Å². The van der Waals surface area contributed by atoms with Gasteiger partial charge in [0.15, 0.2) is 11.5 Å². The van der Waals surface area contributed by atoms with Gasteiger partial charge in [0, 0.05) is 0 Å². The summed E-state index contributed by atoms with van der Waals surface area (Å²) < 4.78 is 10.4. The minimum Gasteiger partial charge on any atom is -0.504 e. The van der Waals surface area contributed by atoms with Crippen LogP contribution in [-0.4, -0.2) is 18.2 Å². The number of aromatic hydroxyl groups is 1. The van der Waals surface area contributed by atoms with Crippen LogP contribution in [0.4, 0.5) is 0 Å². The van der Waals surface area contributed by atoms with Crippen LogP contribution in [-0.2, 0) is 6.42 Å². The molecule has 122 valence electrons. The minimum absolute atomic E-state index is 0.0360. The number of phenolic OH excluding ortho intramolecular Hbond substituents is 1. The molecule has 0 aliphatic rings. The predicted octanol–water partition coefficient (Wildman–Crippen LogP) is 4.35. The average molecular weight is 314 g/mol. The van der Waals surface area contributed by atoms with E-state index in [-0.39, 0.29) is 11.5 Å². The van der Waals surface area contributed by atoms with Crippen molar-refractivity contribution in [3.05, 3.63) is 53.6 Å². The quantitative estimate of drug-likeness (QED) is 0.469. The van der Waals surface area contributed by atoms with Crippen LogP contribution in [0.1, 0.15) is 42.1 Å². The maximum absolute atomic E-state index is 12.2. The van der Waals surface area contributed by atoms with Crippen molar-refractivity contribution in [2.75, 3.05) is 7.11 Å². The molecule has 0 aliphatic heterocycles. The molecule has 0 fully saturated rings. The van der Waals surface area contributed by atoms with Crippen molar-refractivity contribution in [2.24, 2.45) is 0 Å². The molecule has 4 nitrogen and oxygen atoms in total. The maximum Gasteiger partial charge on any atom is 0.343 e. The molecule has 2 rings (SSSR count). The molecule has 2 aromatic rings. The molecule has 0 unspecified atom stereocenters. The summed E-state index contributed by atoms with van der Waals surface area (Å²) in [6.07, 6.45) is 4.29. The highest BCUT2D eigenvalue weighted by Crippen LogP contribution is 2.28. The molecule has 0 atom stereocenters. The van der Waals surface area contributed by atoms with Crippen LogP contribution < -0.4 is 9.47 Å². The lowest BCUT2D eigenvalue weighted by Gasteiger charge is -2.09. The van der Waals surface area contributed by atoms with E-state index in [0.717, 1.165) is 31.2 Å². The van der Waals surface area contributed by atoms with E-state index in [9.17, 15) is 9.90 Å². The predicted molar refractivity (Wildman–Crippen MR) is 89.3 cm³/mol. The fraction of sp³-hybridized carbons (Fsp3) is 0.316. The first kappa shape index (κ1) is 16.9. The Morgan fingerprint density at radius 3 is 2.48 bits per heavy atom. The Kier molecular flexibility index (Phi) is 6.03. The lowest BCUT2D eigenvalue weighted by Crippen LogP contribution is -2.08. The van der Waals surface area contributed by atoms with Crippen LogP contribution in [0.25, 0.3) is 0 Å². The molecule has 4 heteroatoms. The fourth-order valence-corrected chi connectivity index (χ4v) is 2.26. The molecule has 0 amide bonds. The molecule has 0 radical (unpaired) electrons. The van der Waals surface area contributed by atoms with Gasteiger partial charge in [-0.05, 0) is 54.8 Å². The van der Waals surface area contributed by atoms with E-state index in [1.54, 1.807) is 43.5 Å². The van der Waals surface area contributed by atoms with Gasteiger partial charge in [0.05, 0.1) is 12.7 Å². The SMILES string of the molecule is CCCCCc1ccc(O)c(OC(=O)c2ccc(OC)cc2)c1. The van der Waals surface area contributed by atoms with Crippen molar-refractivity contribution in [1.82, 2.24) is 0 Å². The van der Waals surface area contributed by atoms with E-state index in [4.69, 9.17) is 9.47 Å². The monoisotopic (exact) mass is 314 g/mol. The first-order valence-electron chi connectivity index (χ1n) is 7.82. The van der Waals surface area contributed by atoms with Crippen LogP contribution in [0, 0.1) is 0 Å². The first-order chi connectivity index (χ1) is 11.1. The Balaban J connectivity index is 2.08. The summed E-state index contributed by atoms with van der Waals surface area (Å²) in [4.78, 5) is 12.2. The zero-order valence-corrected chi connectivity index (χ0v) is 13.5. The molecule has 0 saturated heterocycles. The molecule has 2 aromatic carbocycles. The molecular formula is C19H22O4. The molecule has 0 heterocycles. The van der Waals surface area contributed by atoms with Crippen LogP contribution in [0.2, 0.25) is 0 Å². The number of rotatable bonds is 7. The summed E-state index contributed by atoms with van der Waals surface area (Å²) in [5.74, 6) is 0.321. The fourth-order valence-electron chi connectivity index (χ4n) is 2.26. The molecule has 0 saturated carbocycles. The van der Waals surface area contributed by atoms with E-state index in [1.807, 2.05) is 6.07 Å². The number of unbranched alkanes of at least 4 members (excludes halogenated alkanes) is 2. The van der Waals surface area contributed by atoms with Gasteiger partial charge in [0.1, 0.15) is 5.75 Å². The van der Waals surface area contributed by atoms with Crippen LogP contribution in [0.3, 0.4) is 0 Å². The number of aryl methyl sites for hydroxylation is 1. The zero-order valence-electron chi connectivity index (χ0n) is 13.5. The largest absolute Gasteiger partial charge is 0.504 e. The number of ether oxygens (including phenoxy) is 2. The number of hydrogen-bond donors (Lipinski definition) is 1. The molecule has 0 aromatic heterocycles. The maximum atomic E-state index is 12.2. The molecule has 23 heavy (non-hydrogen) atoms. The van der Waals surface area contributed by atoms with E-state index < -0.39 is 5.97 Å². The van der Waals surface area contributed by atoms with Gasteiger partial charge in [-0.15, -0.1) is 0 Å². The average Bonchev–Trinajstić information content (AvgIpc) is 2.58. The van der Waals surface area contributed by atoms with Crippen molar-refractivity contribution in [1.29, 1.82) is 0 Å². The summed E-state index contributed by atoms with van der Waals surface area (Å²) in [5, 5.41) is 9.89. The van der Waals surface area contributed by atoms with Crippen LogP contribution >= 0.6 is 0 Å². The number of hydrogen-bond acceptors (Lipinski definition) is 4. The second-order valence-corrected chi connectivity index (χ2v) is 5.38. The van der Waals surface area contributed by atoms with Gasteiger partial charge in [-0.25, -0.2) is 4.79 Å². The van der Waals surface area contributed by atoms with Gasteiger partial charge in [-0.1, -0.05) is 25.8 Å². The van der Waals surface area contributed by atoms with Crippen molar-refractivity contribution in [3.8, 4) is 17.2 Å². The molecule has 0 bridgehead atoms. The Morgan fingerprint density at radius 2 is 1.83 bits per heavy atom. The topological polar surface area (TPSA) is 55.8 Å². The lowest BCUT2D eigenvalue weighted by molar-refractivity contribution is 0.0729. The molecule has 0 spiro atoms. The second-order valence-electron chi connectivity index (χ2n) is 5.38. The summed E-state index contributed by atoms with van der Waals surface area (Å²) in [6, 6.07) is 11.8. The lowest BCUT2D eigenvalue weighted by atomic mass is 10.1. The second kappa shape index (κ2) is 8.22. The summed E-state index contributed by atoms with van der Waals surface area (Å²) in [6.45, 7) is 2.15. The summed E-state index contributed by atoms with van der Waals surface area (Å²) >= 11 is 0. The van der Waals surface area contributed by atoms with E-state index in [0.29, 0.717) is 11.3 Å². The van der Waals surface area contributed by atoms with Crippen molar-refractivity contribution in [3.63, 3.8) is 0 Å². The van der Waals surface area contributed by atoms with Gasteiger partial charge >= 0.3 is 5.97 Å². The third kappa shape index (κ3) is 4.74. The van der Waals surface area contributed by atoms with Gasteiger partial charge in [-0.3, -0.25) is 0 Å². The Bertz CT molecular complexity index is 647. The Hall–Kier alpha value is -2.49. The van der Waals surface area contributed by atoms with Gasteiger partial charge in [-0.2, -0.15) is 0 Å². The normalized spacial score (nSPS) is 10.3. The number of phenols is 1. The number of carbonyl (C=O) groups excluding carboxylic acids is 1. The molecule has 0 aliphatic carbocycles. The summed E-state index contributed by atoms with van der Waals surface area (Å²) in [7, 11) is 1.56. The van der Waals surface area contributed by atoms with Crippen molar-refractivity contribution in [2.45, 2.75) is 32.6 Å². The molecule has 1 N–H and O–H groups in total. The third-order valence-electron chi connectivity index (χ3n) is 3.62. The van der Waals surface area contributed by atoms with Gasteiger partial charge < -0.3 is 14.6 Å².